The highest BCUT2D eigenvalue weighted by Gasteiger charge is 2.35. The number of anilines is 1. The van der Waals surface area contributed by atoms with Gasteiger partial charge in [0.15, 0.2) is 0 Å². The summed E-state index contributed by atoms with van der Waals surface area (Å²) >= 11 is 0. The lowest BCUT2D eigenvalue weighted by atomic mass is 9.86. The molecule has 1 aliphatic heterocycles. The van der Waals surface area contributed by atoms with Crippen LogP contribution in [0.15, 0.2) is 18.2 Å². The number of phenolic OH excluding ortho intramolecular Hbond substituents is 1. The normalized spacial score (nSPS) is 21.0. The van der Waals surface area contributed by atoms with E-state index in [2.05, 4.69) is 19.2 Å². The Labute approximate surface area is 125 Å². The maximum atomic E-state index is 12.3. The predicted octanol–water partition coefficient (Wildman–Crippen LogP) is 2.44. The van der Waals surface area contributed by atoms with Gasteiger partial charge in [0.1, 0.15) is 5.75 Å². The number of aromatic hydroxyl groups is 1. The van der Waals surface area contributed by atoms with Crippen molar-refractivity contribution in [1.29, 1.82) is 0 Å². The molecular formula is C16H24N2O3. The molecule has 21 heavy (non-hydrogen) atoms. The van der Waals surface area contributed by atoms with Crippen LogP contribution in [0.2, 0.25) is 0 Å². The van der Waals surface area contributed by atoms with Gasteiger partial charge in [-0.15, -0.1) is 0 Å². The average Bonchev–Trinajstić information content (AvgIpc) is 2.50. The van der Waals surface area contributed by atoms with Gasteiger partial charge in [0.2, 0.25) is 0 Å². The molecule has 1 heterocycles. The first kappa shape index (κ1) is 15.6. The molecule has 1 aromatic carbocycles. The van der Waals surface area contributed by atoms with Crippen LogP contribution < -0.4 is 11.1 Å². The number of nitrogens with one attached hydrogen (secondary N) is 1. The monoisotopic (exact) mass is 292 g/mol. The molecule has 1 unspecified atom stereocenters. The first-order chi connectivity index (χ1) is 9.99. The number of nitrogens with two attached hydrogens (primary N) is 1. The Bertz CT molecular complexity index is 512. The van der Waals surface area contributed by atoms with Crippen molar-refractivity contribution in [2.24, 2.45) is 0 Å². The summed E-state index contributed by atoms with van der Waals surface area (Å²) in [6.45, 7) is 4.90. The number of hydrogen-bond donors (Lipinski definition) is 3. The van der Waals surface area contributed by atoms with E-state index in [0.717, 1.165) is 25.7 Å². The molecule has 0 aliphatic carbocycles. The lowest BCUT2D eigenvalue weighted by molar-refractivity contribution is -0.0917. The Balaban J connectivity index is 2.03. The van der Waals surface area contributed by atoms with E-state index < -0.39 is 0 Å². The lowest BCUT2D eigenvalue weighted by Gasteiger charge is -2.40. The minimum atomic E-state index is -0.182. The summed E-state index contributed by atoms with van der Waals surface area (Å²) in [6, 6.07) is 4.66. The second-order valence-electron chi connectivity index (χ2n) is 5.68. The molecule has 0 saturated carbocycles. The Morgan fingerprint density at radius 2 is 2.19 bits per heavy atom. The molecule has 0 bridgehead atoms. The van der Waals surface area contributed by atoms with Crippen LogP contribution in [-0.2, 0) is 4.74 Å². The van der Waals surface area contributed by atoms with E-state index in [-0.39, 0.29) is 29.0 Å². The van der Waals surface area contributed by atoms with Crippen molar-refractivity contribution in [2.75, 3.05) is 12.3 Å². The first-order valence-corrected chi connectivity index (χ1v) is 7.53. The van der Waals surface area contributed by atoms with Crippen LogP contribution >= 0.6 is 0 Å². The van der Waals surface area contributed by atoms with Gasteiger partial charge < -0.3 is 20.9 Å². The molecule has 4 N–H and O–H groups in total. The molecular weight excluding hydrogens is 268 g/mol. The van der Waals surface area contributed by atoms with Gasteiger partial charge in [0.05, 0.1) is 11.3 Å². The molecule has 1 amide bonds. The minimum Gasteiger partial charge on any atom is -0.506 e. The SMILES string of the molecule is CCC1(CC)CC(NC(=O)c2ccc(N)c(O)c2)CCO1. The molecule has 1 saturated heterocycles. The fourth-order valence-corrected chi connectivity index (χ4v) is 2.85. The van der Waals surface area contributed by atoms with Gasteiger partial charge in [0.25, 0.3) is 5.91 Å². The molecule has 0 radical (unpaired) electrons. The fraction of sp³-hybridized carbons (Fsp3) is 0.562. The molecule has 2 rings (SSSR count). The Morgan fingerprint density at radius 3 is 2.81 bits per heavy atom. The van der Waals surface area contributed by atoms with E-state index in [1.807, 2.05) is 0 Å². The van der Waals surface area contributed by atoms with Crippen molar-refractivity contribution < 1.29 is 14.6 Å². The standard InChI is InChI=1S/C16H24N2O3/c1-3-16(4-2)10-12(7-8-21-16)18-15(20)11-5-6-13(17)14(19)9-11/h5-6,9,12,19H,3-4,7-8,10,17H2,1-2H3,(H,18,20). The smallest absolute Gasteiger partial charge is 0.251 e. The van der Waals surface area contributed by atoms with Crippen LogP contribution in [0.5, 0.6) is 5.75 Å². The quantitative estimate of drug-likeness (QED) is 0.588. The predicted molar refractivity (Wildman–Crippen MR) is 82.3 cm³/mol. The highest BCUT2D eigenvalue weighted by molar-refractivity contribution is 5.95. The number of rotatable bonds is 4. The Morgan fingerprint density at radius 1 is 1.48 bits per heavy atom. The number of hydrogen-bond acceptors (Lipinski definition) is 4. The van der Waals surface area contributed by atoms with Crippen LogP contribution in [0.4, 0.5) is 5.69 Å². The van der Waals surface area contributed by atoms with E-state index in [1.54, 1.807) is 6.07 Å². The van der Waals surface area contributed by atoms with Crippen molar-refractivity contribution in [1.82, 2.24) is 5.32 Å². The largest absolute Gasteiger partial charge is 0.506 e. The molecule has 0 aromatic heterocycles. The summed E-state index contributed by atoms with van der Waals surface area (Å²) < 4.78 is 5.91. The molecule has 1 aliphatic rings. The number of carbonyl (C=O) groups is 1. The Hall–Kier alpha value is -1.75. The van der Waals surface area contributed by atoms with Crippen molar-refractivity contribution in [3.05, 3.63) is 23.8 Å². The van der Waals surface area contributed by atoms with Gasteiger partial charge in [-0.3, -0.25) is 4.79 Å². The van der Waals surface area contributed by atoms with Crippen LogP contribution in [0.3, 0.4) is 0 Å². The molecule has 116 valence electrons. The third-order valence-corrected chi connectivity index (χ3v) is 4.41. The maximum absolute atomic E-state index is 12.3. The van der Waals surface area contributed by atoms with Crippen molar-refractivity contribution in [2.45, 2.75) is 51.2 Å². The molecule has 5 nitrogen and oxygen atoms in total. The summed E-state index contributed by atoms with van der Waals surface area (Å²) in [5.41, 5.74) is 6.12. The molecule has 1 fully saturated rings. The van der Waals surface area contributed by atoms with E-state index in [1.165, 1.54) is 12.1 Å². The number of carbonyl (C=O) groups excluding carboxylic acids is 1. The van der Waals surface area contributed by atoms with E-state index in [9.17, 15) is 9.90 Å². The van der Waals surface area contributed by atoms with Crippen LogP contribution in [0.1, 0.15) is 49.9 Å². The zero-order valence-electron chi connectivity index (χ0n) is 12.7. The number of benzene rings is 1. The second kappa shape index (κ2) is 6.35. The zero-order valence-corrected chi connectivity index (χ0v) is 12.7. The van der Waals surface area contributed by atoms with Gasteiger partial charge in [-0.05, 0) is 43.9 Å². The third-order valence-electron chi connectivity index (χ3n) is 4.41. The maximum Gasteiger partial charge on any atom is 0.251 e. The van der Waals surface area contributed by atoms with E-state index >= 15 is 0 Å². The van der Waals surface area contributed by atoms with E-state index in [4.69, 9.17) is 10.5 Å². The molecule has 0 spiro atoms. The number of phenols is 1. The van der Waals surface area contributed by atoms with Crippen molar-refractivity contribution >= 4 is 11.6 Å². The minimum absolute atomic E-state index is 0.0638. The number of nitrogen functional groups attached to an aromatic ring is 1. The van der Waals surface area contributed by atoms with Gasteiger partial charge in [0, 0.05) is 18.2 Å². The van der Waals surface area contributed by atoms with Crippen molar-refractivity contribution in [3.63, 3.8) is 0 Å². The van der Waals surface area contributed by atoms with Crippen LogP contribution in [0.25, 0.3) is 0 Å². The summed E-state index contributed by atoms with van der Waals surface area (Å²) in [7, 11) is 0. The lowest BCUT2D eigenvalue weighted by Crippen LogP contribution is -2.48. The van der Waals surface area contributed by atoms with Crippen LogP contribution in [-0.4, -0.2) is 29.3 Å². The second-order valence-corrected chi connectivity index (χ2v) is 5.68. The number of amides is 1. The van der Waals surface area contributed by atoms with Gasteiger partial charge in [-0.2, -0.15) is 0 Å². The number of ether oxygens (including phenoxy) is 1. The zero-order chi connectivity index (χ0) is 15.5. The van der Waals surface area contributed by atoms with Gasteiger partial charge in [-0.25, -0.2) is 0 Å². The van der Waals surface area contributed by atoms with Crippen molar-refractivity contribution in [3.8, 4) is 5.75 Å². The first-order valence-electron chi connectivity index (χ1n) is 7.53. The summed E-state index contributed by atoms with van der Waals surface area (Å²) in [5, 5.41) is 12.6. The third kappa shape index (κ3) is 3.47. The molecule has 5 heteroatoms. The summed E-state index contributed by atoms with van der Waals surface area (Å²) in [5.74, 6) is -0.246. The summed E-state index contributed by atoms with van der Waals surface area (Å²) in [6.07, 6.45) is 3.53. The topological polar surface area (TPSA) is 84.6 Å². The fourth-order valence-electron chi connectivity index (χ4n) is 2.85. The highest BCUT2D eigenvalue weighted by Crippen LogP contribution is 2.31. The van der Waals surface area contributed by atoms with E-state index in [0.29, 0.717) is 12.2 Å². The molecule has 1 atom stereocenters. The van der Waals surface area contributed by atoms with Crippen LogP contribution in [0, 0.1) is 0 Å². The van der Waals surface area contributed by atoms with Gasteiger partial charge in [-0.1, -0.05) is 13.8 Å². The Kier molecular flexibility index (Phi) is 4.73. The summed E-state index contributed by atoms with van der Waals surface area (Å²) in [4.78, 5) is 12.3. The molecule has 1 aromatic rings. The van der Waals surface area contributed by atoms with Gasteiger partial charge >= 0.3 is 0 Å². The average molecular weight is 292 g/mol. The highest BCUT2D eigenvalue weighted by atomic mass is 16.5.